The lowest BCUT2D eigenvalue weighted by Gasteiger charge is -2.08. The lowest BCUT2D eigenvalue weighted by molar-refractivity contribution is 0.0730. The molecule has 0 fully saturated rings. The van der Waals surface area contributed by atoms with Crippen molar-refractivity contribution in [2.45, 2.75) is 52.4 Å². The third kappa shape index (κ3) is 8.07. The fourth-order valence-corrected chi connectivity index (χ4v) is 3.36. The van der Waals surface area contributed by atoms with E-state index in [1.165, 1.54) is 32.1 Å². The van der Waals surface area contributed by atoms with Gasteiger partial charge in [0.05, 0.1) is 17.7 Å². The Morgan fingerprint density at radius 3 is 1.56 bits per heavy atom. The molecule has 3 aromatic rings. The van der Waals surface area contributed by atoms with Crippen molar-refractivity contribution >= 4 is 11.9 Å². The van der Waals surface area contributed by atoms with Crippen LogP contribution in [0.15, 0.2) is 72.8 Å². The number of unbranched alkanes of at least 4 members (excludes halogenated alkanes) is 5. The molecule has 0 amide bonds. The van der Waals surface area contributed by atoms with Gasteiger partial charge in [-0.15, -0.1) is 0 Å². The zero-order chi connectivity index (χ0) is 24.2. The van der Waals surface area contributed by atoms with E-state index in [1.807, 2.05) is 19.1 Å². The third-order valence-corrected chi connectivity index (χ3v) is 5.39. The van der Waals surface area contributed by atoms with E-state index >= 15 is 0 Å². The van der Waals surface area contributed by atoms with Crippen molar-refractivity contribution < 1.29 is 23.8 Å². The number of aryl methyl sites for hydroxylation is 1. The fraction of sp³-hybridized carbons (Fsp3) is 0.310. The van der Waals surface area contributed by atoms with Crippen LogP contribution in [0.25, 0.3) is 0 Å². The summed E-state index contributed by atoms with van der Waals surface area (Å²) in [5, 5.41) is 0. The van der Waals surface area contributed by atoms with Crippen molar-refractivity contribution in [1.82, 2.24) is 0 Å². The summed E-state index contributed by atoms with van der Waals surface area (Å²) in [6.07, 6.45) is 7.28. The average molecular weight is 461 g/mol. The molecule has 5 heteroatoms. The maximum Gasteiger partial charge on any atom is 0.343 e. The standard InChI is InChI=1S/C29H32O5/c1-3-4-5-6-7-8-21-32-25-17-11-23(12-18-25)28(30)34-27-19-13-24(14-20-27)29(31)33-26-15-9-22(2)10-16-26/h9-20H,3-8,21H2,1-2H3. The molecule has 5 nitrogen and oxygen atoms in total. The van der Waals surface area contributed by atoms with Gasteiger partial charge in [0, 0.05) is 0 Å². The minimum absolute atomic E-state index is 0.347. The van der Waals surface area contributed by atoms with Crippen molar-refractivity contribution in [3.8, 4) is 17.2 Å². The molecule has 0 saturated heterocycles. The molecule has 0 radical (unpaired) electrons. The van der Waals surface area contributed by atoms with Crippen LogP contribution in [0.5, 0.6) is 17.2 Å². The second kappa shape index (κ2) is 13.2. The van der Waals surface area contributed by atoms with E-state index in [4.69, 9.17) is 14.2 Å². The lowest BCUT2D eigenvalue weighted by Crippen LogP contribution is -2.10. The summed E-state index contributed by atoms with van der Waals surface area (Å²) < 4.78 is 16.5. The molecule has 0 heterocycles. The Bertz CT molecular complexity index is 1040. The van der Waals surface area contributed by atoms with E-state index in [0.717, 1.165) is 17.7 Å². The van der Waals surface area contributed by atoms with Crippen LogP contribution in [-0.2, 0) is 0 Å². The van der Waals surface area contributed by atoms with Gasteiger partial charge < -0.3 is 14.2 Å². The zero-order valence-corrected chi connectivity index (χ0v) is 19.9. The van der Waals surface area contributed by atoms with Gasteiger partial charge in [0.25, 0.3) is 0 Å². The Morgan fingerprint density at radius 1 is 0.588 bits per heavy atom. The molecular formula is C29H32O5. The fourth-order valence-electron chi connectivity index (χ4n) is 3.36. The van der Waals surface area contributed by atoms with Crippen LogP contribution in [0, 0.1) is 6.92 Å². The van der Waals surface area contributed by atoms with Crippen LogP contribution in [0.4, 0.5) is 0 Å². The van der Waals surface area contributed by atoms with Gasteiger partial charge in [0.15, 0.2) is 0 Å². The second-order valence-electron chi connectivity index (χ2n) is 8.26. The Hall–Kier alpha value is -3.60. The quantitative estimate of drug-likeness (QED) is 0.163. The van der Waals surface area contributed by atoms with Crippen LogP contribution in [0.2, 0.25) is 0 Å². The highest BCUT2D eigenvalue weighted by atomic mass is 16.5. The number of ether oxygens (including phenoxy) is 3. The summed E-state index contributed by atoms with van der Waals surface area (Å²) >= 11 is 0. The lowest BCUT2D eigenvalue weighted by atomic mass is 10.1. The number of hydrogen-bond donors (Lipinski definition) is 0. The molecule has 178 valence electrons. The molecule has 34 heavy (non-hydrogen) atoms. The van der Waals surface area contributed by atoms with Gasteiger partial charge in [0.2, 0.25) is 0 Å². The van der Waals surface area contributed by atoms with Crippen LogP contribution in [0.3, 0.4) is 0 Å². The van der Waals surface area contributed by atoms with E-state index in [0.29, 0.717) is 29.2 Å². The highest BCUT2D eigenvalue weighted by molar-refractivity contribution is 5.92. The maximum absolute atomic E-state index is 12.4. The summed E-state index contributed by atoms with van der Waals surface area (Å²) in [7, 11) is 0. The number of carbonyl (C=O) groups is 2. The predicted octanol–water partition coefficient (Wildman–Crippen LogP) is 7.17. The molecule has 0 bridgehead atoms. The van der Waals surface area contributed by atoms with E-state index in [9.17, 15) is 9.59 Å². The number of benzene rings is 3. The highest BCUT2D eigenvalue weighted by Gasteiger charge is 2.12. The van der Waals surface area contributed by atoms with Crippen molar-refractivity contribution in [3.05, 3.63) is 89.5 Å². The number of esters is 2. The van der Waals surface area contributed by atoms with Gasteiger partial charge >= 0.3 is 11.9 Å². The SMILES string of the molecule is CCCCCCCCOc1ccc(C(=O)Oc2ccc(C(=O)Oc3ccc(C)cc3)cc2)cc1. The van der Waals surface area contributed by atoms with Crippen molar-refractivity contribution in [2.24, 2.45) is 0 Å². The molecule has 0 atom stereocenters. The van der Waals surface area contributed by atoms with Crippen LogP contribution in [0.1, 0.15) is 71.7 Å². The monoisotopic (exact) mass is 460 g/mol. The summed E-state index contributed by atoms with van der Waals surface area (Å²) in [4.78, 5) is 24.7. The Kier molecular flexibility index (Phi) is 9.71. The number of carbonyl (C=O) groups excluding carboxylic acids is 2. The Balaban J connectivity index is 1.44. The second-order valence-corrected chi connectivity index (χ2v) is 8.26. The average Bonchev–Trinajstić information content (AvgIpc) is 2.85. The van der Waals surface area contributed by atoms with Crippen molar-refractivity contribution in [3.63, 3.8) is 0 Å². The van der Waals surface area contributed by atoms with E-state index in [2.05, 4.69) is 6.92 Å². The molecule has 3 aromatic carbocycles. The van der Waals surface area contributed by atoms with Crippen molar-refractivity contribution in [2.75, 3.05) is 6.61 Å². The summed E-state index contributed by atoms with van der Waals surface area (Å²) in [5.74, 6) is 0.614. The molecule has 0 unspecified atom stereocenters. The first-order chi connectivity index (χ1) is 16.5. The third-order valence-electron chi connectivity index (χ3n) is 5.39. The summed E-state index contributed by atoms with van der Waals surface area (Å²) in [6.45, 7) is 4.85. The Labute approximate surface area is 201 Å². The van der Waals surface area contributed by atoms with Crippen molar-refractivity contribution in [1.29, 1.82) is 0 Å². The first-order valence-electron chi connectivity index (χ1n) is 11.9. The molecule has 0 saturated carbocycles. The molecule has 0 aliphatic rings. The minimum Gasteiger partial charge on any atom is -0.494 e. The molecule has 0 aliphatic heterocycles. The summed E-state index contributed by atoms with van der Waals surface area (Å²) in [6, 6.07) is 20.4. The summed E-state index contributed by atoms with van der Waals surface area (Å²) in [5.41, 5.74) is 1.88. The Morgan fingerprint density at radius 2 is 1.03 bits per heavy atom. The zero-order valence-electron chi connectivity index (χ0n) is 19.9. The minimum atomic E-state index is -0.475. The first-order valence-corrected chi connectivity index (χ1v) is 11.9. The first kappa shape index (κ1) is 25.0. The van der Waals surface area contributed by atoms with Crippen LogP contribution in [-0.4, -0.2) is 18.5 Å². The highest BCUT2D eigenvalue weighted by Crippen LogP contribution is 2.19. The number of hydrogen-bond acceptors (Lipinski definition) is 5. The smallest absolute Gasteiger partial charge is 0.343 e. The molecular weight excluding hydrogens is 428 g/mol. The molecule has 0 aromatic heterocycles. The molecule has 0 aliphatic carbocycles. The molecule has 0 N–H and O–H groups in total. The van der Waals surface area contributed by atoms with Gasteiger partial charge in [-0.25, -0.2) is 9.59 Å². The van der Waals surface area contributed by atoms with Crippen LogP contribution < -0.4 is 14.2 Å². The van der Waals surface area contributed by atoms with E-state index in [1.54, 1.807) is 60.7 Å². The number of rotatable bonds is 12. The normalized spacial score (nSPS) is 10.5. The predicted molar refractivity (Wildman–Crippen MR) is 133 cm³/mol. The van der Waals surface area contributed by atoms with Crippen LogP contribution >= 0.6 is 0 Å². The largest absolute Gasteiger partial charge is 0.494 e. The van der Waals surface area contributed by atoms with Gasteiger partial charge in [0.1, 0.15) is 17.2 Å². The maximum atomic E-state index is 12.4. The van der Waals surface area contributed by atoms with Gasteiger partial charge in [-0.3, -0.25) is 0 Å². The molecule has 0 spiro atoms. The van der Waals surface area contributed by atoms with E-state index in [-0.39, 0.29) is 0 Å². The van der Waals surface area contributed by atoms with Gasteiger partial charge in [-0.1, -0.05) is 56.7 Å². The molecule has 3 rings (SSSR count). The van der Waals surface area contributed by atoms with Gasteiger partial charge in [-0.05, 0) is 74.0 Å². The van der Waals surface area contributed by atoms with E-state index < -0.39 is 11.9 Å². The van der Waals surface area contributed by atoms with Gasteiger partial charge in [-0.2, -0.15) is 0 Å². The topological polar surface area (TPSA) is 61.8 Å².